The van der Waals surface area contributed by atoms with Crippen LogP contribution in [0.2, 0.25) is 0 Å². The van der Waals surface area contributed by atoms with Crippen molar-refractivity contribution in [2.45, 2.75) is 32.1 Å². The molecule has 2 N–H and O–H groups in total. The van der Waals surface area contributed by atoms with E-state index in [1.54, 1.807) is 13.0 Å². The summed E-state index contributed by atoms with van der Waals surface area (Å²) in [6.07, 6.45) is 0. The van der Waals surface area contributed by atoms with Crippen LogP contribution in [-0.4, -0.2) is 26.3 Å². The number of hydrogen-bond acceptors (Lipinski definition) is 3. The maximum atomic E-state index is 13.4. The molecule has 0 spiro atoms. The molecule has 0 bridgehead atoms. The van der Waals surface area contributed by atoms with Crippen molar-refractivity contribution in [3.63, 3.8) is 0 Å². The Kier molecular flexibility index (Phi) is 5.10. The average molecular weight is 274 g/mol. The second-order valence-corrected chi connectivity index (χ2v) is 6.60. The monoisotopic (exact) mass is 274 g/mol. The lowest BCUT2D eigenvalue weighted by atomic mass is 10.3. The highest BCUT2D eigenvalue weighted by molar-refractivity contribution is 7.93. The van der Waals surface area contributed by atoms with Gasteiger partial charge in [-0.15, -0.1) is 0 Å². The van der Waals surface area contributed by atoms with Crippen LogP contribution in [-0.2, 0) is 10.0 Å². The molecule has 1 rings (SSSR count). The van der Waals surface area contributed by atoms with Gasteiger partial charge in [0.2, 0.25) is 10.0 Å². The largest absolute Gasteiger partial charge is 0.313 e. The molecule has 18 heavy (non-hydrogen) atoms. The normalized spacial score (nSPS) is 13.6. The third kappa shape index (κ3) is 4.27. The number of anilines is 1. The maximum absolute atomic E-state index is 13.4. The summed E-state index contributed by atoms with van der Waals surface area (Å²) in [6.45, 7) is 5.77. The molecule has 0 heterocycles. The van der Waals surface area contributed by atoms with Gasteiger partial charge >= 0.3 is 0 Å². The molecular weight excluding hydrogens is 255 g/mol. The Balaban J connectivity index is 2.73. The number of nitrogens with one attached hydrogen (secondary N) is 2. The van der Waals surface area contributed by atoms with E-state index < -0.39 is 21.1 Å². The molecule has 0 saturated heterocycles. The molecule has 1 aromatic rings. The van der Waals surface area contributed by atoms with Gasteiger partial charge in [-0.2, -0.15) is 0 Å². The molecule has 0 aliphatic rings. The van der Waals surface area contributed by atoms with Crippen molar-refractivity contribution in [2.24, 2.45) is 0 Å². The molecule has 1 aromatic carbocycles. The Labute approximate surface area is 108 Å². The van der Waals surface area contributed by atoms with Crippen LogP contribution in [0.25, 0.3) is 0 Å². The summed E-state index contributed by atoms with van der Waals surface area (Å²) < 4.78 is 39.5. The predicted octanol–water partition coefficient (Wildman–Crippen LogP) is 1.95. The third-order valence-corrected chi connectivity index (χ3v) is 4.20. The predicted molar refractivity (Wildman–Crippen MR) is 71.5 cm³/mol. The van der Waals surface area contributed by atoms with Crippen molar-refractivity contribution < 1.29 is 12.8 Å². The molecule has 0 aliphatic carbocycles. The number of sulfonamides is 1. The third-order valence-electron chi connectivity index (χ3n) is 2.47. The topological polar surface area (TPSA) is 58.2 Å². The minimum absolute atomic E-state index is 0.0195. The van der Waals surface area contributed by atoms with E-state index in [2.05, 4.69) is 10.0 Å². The molecule has 0 aliphatic heterocycles. The highest BCUT2D eigenvalue weighted by atomic mass is 32.2. The van der Waals surface area contributed by atoms with Gasteiger partial charge < -0.3 is 5.32 Å². The first-order chi connectivity index (χ1) is 8.33. The molecule has 4 nitrogen and oxygen atoms in total. The van der Waals surface area contributed by atoms with E-state index in [1.165, 1.54) is 18.2 Å². The number of halogens is 1. The molecule has 6 heteroatoms. The molecule has 1 atom stereocenters. The van der Waals surface area contributed by atoms with E-state index in [0.717, 1.165) is 0 Å². The van der Waals surface area contributed by atoms with Crippen molar-refractivity contribution >= 4 is 15.7 Å². The number of rotatable bonds is 6. The van der Waals surface area contributed by atoms with Crippen molar-refractivity contribution in [1.82, 2.24) is 5.32 Å². The molecule has 1 unspecified atom stereocenters. The highest BCUT2D eigenvalue weighted by Crippen LogP contribution is 2.15. The van der Waals surface area contributed by atoms with Gasteiger partial charge in [0.1, 0.15) is 5.82 Å². The lowest BCUT2D eigenvalue weighted by Crippen LogP contribution is -2.37. The van der Waals surface area contributed by atoms with Gasteiger partial charge in [0, 0.05) is 12.6 Å². The summed E-state index contributed by atoms with van der Waals surface area (Å²) >= 11 is 0. The summed E-state index contributed by atoms with van der Waals surface area (Å²) in [7, 11) is -3.58. The molecule has 0 amide bonds. The van der Waals surface area contributed by atoms with Crippen LogP contribution in [0.15, 0.2) is 24.3 Å². The summed E-state index contributed by atoms with van der Waals surface area (Å²) in [6, 6.07) is 5.91. The van der Waals surface area contributed by atoms with E-state index in [0.29, 0.717) is 6.54 Å². The van der Waals surface area contributed by atoms with Crippen molar-refractivity contribution in [3.8, 4) is 0 Å². The SMILES string of the molecule is CC(C)NCC(C)S(=O)(=O)Nc1ccccc1F. The van der Waals surface area contributed by atoms with E-state index in [4.69, 9.17) is 0 Å². The Morgan fingerprint density at radius 3 is 2.39 bits per heavy atom. The quantitative estimate of drug-likeness (QED) is 0.833. The number of hydrogen-bond donors (Lipinski definition) is 2. The zero-order valence-electron chi connectivity index (χ0n) is 10.8. The van der Waals surface area contributed by atoms with Gasteiger partial charge in [-0.3, -0.25) is 4.72 Å². The summed E-state index contributed by atoms with van der Waals surface area (Å²) in [5, 5.41) is 2.40. The first-order valence-corrected chi connectivity index (χ1v) is 7.37. The Hall–Kier alpha value is -1.14. The van der Waals surface area contributed by atoms with Crippen LogP contribution < -0.4 is 10.0 Å². The molecule has 0 radical (unpaired) electrons. The second-order valence-electron chi connectivity index (χ2n) is 4.50. The van der Waals surface area contributed by atoms with Gasteiger partial charge in [0.15, 0.2) is 0 Å². The highest BCUT2D eigenvalue weighted by Gasteiger charge is 2.21. The second kappa shape index (κ2) is 6.15. The van der Waals surface area contributed by atoms with Crippen LogP contribution in [0.3, 0.4) is 0 Å². The molecule has 0 aromatic heterocycles. The van der Waals surface area contributed by atoms with Crippen LogP contribution in [0.5, 0.6) is 0 Å². The first-order valence-electron chi connectivity index (χ1n) is 5.82. The van der Waals surface area contributed by atoms with Crippen LogP contribution in [0.1, 0.15) is 20.8 Å². The van der Waals surface area contributed by atoms with Crippen LogP contribution in [0, 0.1) is 5.82 Å². The minimum Gasteiger partial charge on any atom is -0.313 e. The first kappa shape index (κ1) is 14.9. The zero-order chi connectivity index (χ0) is 13.8. The van der Waals surface area contributed by atoms with Gasteiger partial charge in [-0.25, -0.2) is 12.8 Å². The molecule has 0 saturated carbocycles. The van der Waals surface area contributed by atoms with E-state index in [1.807, 2.05) is 13.8 Å². The lowest BCUT2D eigenvalue weighted by molar-refractivity contribution is 0.553. The van der Waals surface area contributed by atoms with Gasteiger partial charge in [-0.1, -0.05) is 26.0 Å². The maximum Gasteiger partial charge on any atom is 0.236 e. The van der Waals surface area contributed by atoms with Crippen molar-refractivity contribution in [3.05, 3.63) is 30.1 Å². The van der Waals surface area contributed by atoms with Gasteiger partial charge in [0.05, 0.1) is 10.9 Å². The fourth-order valence-electron chi connectivity index (χ4n) is 1.31. The standard InChI is InChI=1S/C12H19FN2O2S/c1-9(2)14-8-10(3)18(16,17)15-12-7-5-4-6-11(12)13/h4-7,9-10,14-15H,8H2,1-3H3. The summed E-state index contributed by atoms with van der Waals surface area (Å²) in [4.78, 5) is 0. The molecule has 102 valence electrons. The van der Waals surface area contributed by atoms with E-state index >= 15 is 0 Å². The Bertz CT molecular complexity index is 489. The van der Waals surface area contributed by atoms with Crippen molar-refractivity contribution in [2.75, 3.05) is 11.3 Å². The zero-order valence-corrected chi connectivity index (χ0v) is 11.6. The lowest BCUT2D eigenvalue weighted by Gasteiger charge is -2.17. The number of benzene rings is 1. The fourth-order valence-corrected chi connectivity index (χ4v) is 2.30. The Morgan fingerprint density at radius 1 is 1.22 bits per heavy atom. The van der Waals surface area contributed by atoms with E-state index in [9.17, 15) is 12.8 Å². The summed E-state index contributed by atoms with van der Waals surface area (Å²) in [5.74, 6) is -0.579. The average Bonchev–Trinajstić information content (AvgIpc) is 2.28. The smallest absolute Gasteiger partial charge is 0.236 e. The van der Waals surface area contributed by atoms with Crippen LogP contribution >= 0.6 is 0 Å². The molecular formula is C12H19FN2O2S. The fraction of sp³-hybridized carbons (Fsp3) is 0.500. The Morgan fingerprint density at radius 2 is 1.83 bits per heavy atom. The summed E-state index contributed by atoms with van der Waals surface area (Å²) in [5.41, 5.74) is -0.0195. The van der Waals surface area contributed by atoms with Gasteiger partial charge in [0.25, 0.3) is 0 Å². The van der Waals surface area contributed by atoms with Gasteiger partial charge in [-0.05, 0) is 19.1 Å². The van der Waals surface area contributed by atoms with Crippen LogP contribution in [0.4, 0.5) is 10.1 Å². The molecule has 0 fully saturated rings. The van der Waals surface area contributed by atoms with Crippen molar-refractivity contribution in [1.29, 1.82) is 0 Å². The van der Waals surface area contributed by atoms with E-state index in [-0.39, 0.29) is 11.7 Å². The minimum atomic E-state index is -3.58. The number of para-hydroxylation sites is 1.